The second-order valence-corrected chi connectivity index (χ2v) is 7.82. The maximum Gasteiger partial charge on any atom is 0.231 e. The molecule has 0 radical (unpaired) electrons. The molecule has 156 valence electrons. The highest BCUT2D eigenvalue weighted by Gasteiger charge is 2.35. The highest BCUT2D eigenvalue weighted by atomic mass is 32.1. The minimum Gasteiger partial charge on any atom is -0.497 e. The predicted octanol–water partition coefficient (Wildman–Crippen LogP) is 3.31. The van der Waals surface area contributed by atoms with Gasteiger partial charge in [0.05, 0.1) is 37.5 Å². The Bertz CT molecular complexity index is 1070. The lowest BCUT2D eigenvalue weighted by atomic mass is 10.1. The number of amides is 2. The number of aromatic nitrogens is 1. The minimum absolute atomic E-state index is 0.0952. The van der Waals surface area contributed by atoms with Crippen molar-refractivity contribution in [1.29, 1.82) is 0 Å². The van der Waals surface area contributed by atoms with E-state index in [1.807, 2.05) is 24.3 Å². The van der Waals surface area contributed by atoms with E-state index in [1.54, 1.807) is 38.4 Å². The average Bonchev–Trinajstić information content (AvgIpc) is 3.34. The lowest BCUT2D eigenvalue weighted by Gasteiger charge is -2.17. The molecule has 1 fully saturated rings. The van der Waals surface area contributed by atoms with Crippen molar-refractivity contribution in [2.45, 2.75) is 6.42 Å². The number of carbonyl (C=O) groups is 2. The van der Waals surface area contributed by atoms with Crippen molar-refractivity contribution in [2.24, 2.45) is 5.92 Å². The third-order valence-electron chi connectivity index (χ3n) is 4.98. The van der Waals surface area contributed by atoms with Crippen molar-refractivity contribution in [3.63, 3.8) is 0 Å². The van der Waals surface area contributed by atoms with Crippen LogP contribution in [0.4, 0.5) is 10.8 Å². The molecule has 0 aliphatic carbocycles. The van der Waals surface area contributed by atoms with Crippen LogP contribution in [0.5, 0.6) is 17.2 Å². The molecule has 0 saturated carbocycles. The zero-order valence-corrected chi connectivity index (χ0v) is 17.6. The fourth-order valence-electron chi connectivity index (χ4n) is 3.43. The number of anilines is 2. The molecule has 1 aromatic heterocycles. The molecule has 0 bridgehead atoms. The molecular weight excluding hydrogens is 406 g/mol. The molecule has 30 heavy (non-hydrogen) atoms. The first-order chi connectivity index (χ1) is 14.5. The number of thiazole rings is 1. The summed E-state index contributed by atoms with van der Waals surface area (Å²) >= 11 is 1.34. The minimum atomic E-state index is -0.459. The van der Waals surface area contributed by atoms with Crippen LogP contribution in [-0.2, 0) is 9.59 Å². The van der Waals surface area contributed by atoms with Crippen molar-refractivity contribution in [2.75, 3.05) is 38.1 Å². The van der Waals surface area contributed by atoms with Gasteiger partial charge in [-0.3, -0.25) is 9.59 Å². The maximum atomic E-state index is 12.8. The Labute approximate surface area is 177 Å². The van der Waals surface area contributed by atoms with E-state index in [-0.39, 0.29) is 18.2 Å². The summed E-state index contributed by atoms with van der Waals surface area (Å²) in [5, 5.41) is 3.32. The van der Waals surface area contributed by atoms with Crippen LogP contribution >= 0.6 is 11.3 Å². The molecular formula is C21H21N3O5S. The first kappa shape index (κ1) is 20.0. The number of hydrogen-bond acceptors (Lipinski definition) is 7. The lowest BCUT2D eigenvalue weighted by Crippen LogP contribution is -2.28. The van der Waals surface area contributed by atoms with Crippen molar-refractivity contribution < 1.29 is 23.8 Å². The van der Waals surface area contributed by atoms with E-state index in [0.29, 0.717) is 40.1 Å². The summed E-state index contributed by atoms with van der Waals surface area (Å²) in [6, 6.07) is 10.8. The van der Waals surface area contributed by atoms with Crippen LogP contribution in [0.3, 0.4) is 0 Å². The fraction of sp³-hybridized carbons (Fsp3) is 0.286. The highest BCUT2D eigenvalue weighted by molar-refractivity contribution is 7.22. The van der Waals surface area contributed by atoms with Crippen LogP contribution in [0.1, 0.15) is 6.42 Å². The van der Waals surface area contributed by atoms with Gasteiger partial charge in [0.25, 0.3) is 0 Å². The summed E-state index contributed by atoms with van der Waals surface area (Å²) in [6.45, 7) is 0.310. The van der Waals surface area contributed by atoms with E-state index in [2.05, 4.69) is 10.3 Å². The molecule has 1 aliphatic rings. The molecule has 9 heteroatoms. The zero-order chi connectivity index (χ0) is 21.3. The van der Waals surface area contributed by atoms with E-state index in [9.17, 15) is 9.59 Å². The number of benzene rings is 2. The third-order valence-corrected chi connectivity index (χ3v) is 5.92. The van der Waals surface area contributed by atoms with Crippen LogP contribution in [0.2, 0.25) is 0 Å². The second kappa shape index (κ2) is 8.19. The van der Waals surface area contributed by atoms with Gasteiger partial charge >= 0.3 is 0 Å². The van der Waals surface area contributed by atoms with E-state index < -0.39 is 5.92 Å². The quantitative estimate of drug-likeness (QED) is 0.649. The lowest BCUT2D eigenvalue weighted by molar-refractivity contribution is -0.122. The van der Waals surface area contributed by atoms with Gasteiger partial charge in [0, 0.05) is 36.9 Å². The Morgan fingerprint density at radius 3 is 2.63 bits per heavy atom. The van der Waals surface area contributed by atoms with Crippen molar-refractivity contribution in [3.05, 3.63) is 36.4 Å². The third kappa shape index (κ3) is 3.76. The molecule has 0 spiro atoms. The number of nitrogens with zero attached hydrogens (tertiary/aromatic N) is 2. The first-order valence-corrected chi connectivity index (χ1v) is 10.1. The summed E-state index contributed by atoms with van der Waals surface area (Å²) < 4.78 is 16.7. The number of carbonyl (C=O) groups excluding carboxylic acids is 2. The second-order valence-electron chi connectivity index (χ2n) is 6.79. The van der Waals surface area contributed by atoms with E-state index in [0.717, 1.165) is 4.70 Å². The number of ether oxygens (including phenoxy) is 3. The molecule has 2 aromatic carbocycles. The summed E-state index contributed by atoms with van der Waals surface area (Å²) in [5.74, 6) is 1.05. The molecule has 8 nitrogen and oxygen atoms in total. The first-order valence-electron chi connectivity index (χ1n) is 9.30. The van der Waals surface area contributed by atoms with Crippen LogP contribution in [-0.4, -0.2) is 44.7 Å². The average molecular weight is 427 g/mol. The molecule has 0 unspecified atom stereocenters. The van der Waals surface area contributed by atoms with Crippen LogP contribution in [0.15, 0.2) is 36.4 Å². The van der Waals surface area contributed by atoms with Gasteiger partial charge in [-0.2, -0.15) is 0 Å². The number of fused-ring (bicyclic) bond motifs is 1. The predicted molar refractivity (Wildman–Crippen MR) is 115 cm³/mol. The Morgan fingerprint density at radius 1 is 1.13 bits per heavy atom. The molecule has 1 aliphatic heterocycles. The maximum absolute atomic E-state index is 12.8. The summed E-state index contributed by atoms with van der Waals surface area (Å²) in [6.07, 6.45) is 0.148. The molecule has 1 N–H and O–H groups in total. The number of nitrogens with one attached hydrogen (secondary N) is 1. The zero-order valence-electron chi connectivity index (χ0n) is 16.8. The van der Waals surface area contributed by atoms with E-state index >= 15 is 0 Å². The van der Waals surface area contributed by atoms with Gasteiger partial charge in [-0.15, -0.1) is 0 Å². The molecule has 1 saturated heterocycles. The number of methoxy groups -OCH3 is 3. The fourth-order valence-corrected chi connectivity index (χ4v) is 4.31. The Morgan fingerprint density at radius 2 is 1.90 bits per heavy atom. The van der Waals surface area contributed by atoms with Crippen molar-refractivity contribution >= 4 is 44.2 Å². The Kier molecular flexibility index (Phi) is 5.45. The Balaban J connectivity index is 1.49. The Hall–Kier alpha value is -3.33. The normalized spacial score (nSPS) is 16.0. The monoisotopic (exact) mass is 427 g/mol. The van der Waals surface area contributed by atoms with Gasteiger partial charge in [0.2, 0.25) is 11.8 Å². The van der Waals surface area contributed by atoms with Gasteiger partial charge in [-0.05, 0) is 12.1 Å². The summed E-state index contributed by atoms with van der Waals surface area (Å²) in [7, 11) is 4.70. The topological polar surface area (TPSA) is 90.0 Å². The SMILES string of the molecule is COc1cccc(N2C[C@@H](C(=O)Nc3nc4cc(OC)c(OC)cc4s3)CC2=O)c1. The van der Waals surface area contributed by atoms with Gasteiger partial charge < -0.3 is 24.4 Å². The van der Waals surface area contributed by atoms with Crippen molar-refractivity contribution in [3.8, 4) is 17.2 Å². The van der Waals surface area contributed by atoms with E-state index in [1.165, 1.54) is 11.3 Å². The van der Waals surface area contributed by atoms with Gasteiger partial charge in [-0.25, -0.2) is 4.98 Å². The molecule has 4 rings (SSSR count). The summed E-state index contributed by atoms with van der Waals surface area (Å²) in [4.78, 5) is 31.3. The van der Waals surface area contributed by atoms with Crippen LogP contribution in [0.25, 0.3) is 10.2 Å². The van der Waals surface area contributed by atoms with Gasteiger partial charge in [0.1, 0.15) is 5.75 Å². The van der Waals surface area contributed by atoms with Crippen LogP contribution < -0.4 is 24.4 Å². The number of hydrogen-bond donors (Lipinski definition) is 1. The molecule has 1 atom stereocenters. The van der Waals surface area contributed by atoms with Gasteiger partial charge in [-0.1, -0.05) is 17.4 Å². The number of rotatable bonds is 6. The smallest absolute Gasteiger partial charge is 0.231 e. The largest absolute Gasteiger partial charge is 0.497 e. The van der Waals surface area contributed by atoms with E-state index in [4.69, 9.17) is 14.2 Å². The molecule has 3 aromatic rings. The molecule has 2 heterocycles. The van der Waals surface area contributed by atoms with Crippen molar-refractivity contribution in [1.82, 2.24) is 4.98 Å². The standard InChI is InChI=1S/C21H21N3O5S/c1-27-14-6-4-5-13(8-14)24-11-12(7-19(24)25)20(26)23-21-22-15-9-16(28-2)17(29-3)10-18(15)30-21/h4-6,8-10,12H,7,11H2,1-3H3,(H,22,23,26)/t12-/m0/s1. The highest BCUT2D eigenvalue weighted by Crippen LogP contribution is 2.36. The summed E-state index contributed by atoms with van der Waals surface area (Å²) in [5.41, 5.74) is 1.42. The van der Waals surface area contributed by atoms with Crippen LogP contribution in [0, 0.1) is 5.92 Å². The van der Waals surface area contributed by atoms with Gasteiger partial charge in [0.15, 0.2) is 16.6 Å². The molecule has 2 amide bonds.